The van der Waals surface area contributed by atoms with Crippen molar-refractivity contribution in [2.24, 2.45) is 0 Å². The van der Waals surface area contributed by atoms with E-state index in [9.17, 15) is 17.2 Å². The van der Waals surface area contributed by atoms with Crippen molar-refractivity contribution in [3.63, 3.8) is 0 Å². The Kier molecular flexibility index (Phi) is 7.97. The molecule has 4 aromatic rings. The molecule has 34 heavy (non-hydrogen) atoms. The lowest BCUT2D eigenvalue weighted by atomic mass is 10.0. The lowest BCUT2D eigenvalue weighted by Crippen LogP contribution is -2.35. The van der Waals surface area contributed by atoms with Crippen LogP contribution in [0.2, 0.25) is 5.02 Å². The summed E-state index contributed by atoms with van der Waals surface area (Å²) in [5.41, 5.74) is 1.08. The Morgan fingerprint density at radius 1 is 1.06 bits per heavy atom. The van der Waals surface area contributed by atoms with Crippen molar-refractivity contribution < 1.29 is 17.2 Å². The van der Waals surface area contributed by atoms with E-state index in [-0.39, 0.29) is 23.0 Å². The molecule has 1 unspecified atom stereocenters. The second-order valence-electron chi connectivity index (χ2n) is 7.46. The number of rotatable bonds is 7. The highest BCUT2D eigenvalue weighted by atomic mass is 35.5. The molecule has 4 rings (SSSR count). The highest BCUT2D eigenvalue weighted by Crippen LogP contribution is 2.36. The molecular weight excluding hydrogens is 503 g/mol. The fourth-order valence-electron chi connectivity index (χ4n) is 3.71. The van der Waals surface area contributed by atoms with Crippen LogP contribution in [0.3, 0.4) is 0 Å². The zero-order valence-electron chi connectivity index (χ0n) is 18.0. The zero-order chi connectivity index (χ0) is 23.6. The molecule has 0 N–H and O–H groups in total. The smallest absolute Gasteiger partial charge is 0.264 e. The summed E-state index contributed by atoms with van der Waals surface area (Å²) < 4.78 is 59.3. The van der Waals surface area contributed by atoms with Gasteiger partial charge in [0.2, 0.25) is 0 Å². The topological polar surface area (TPSA) is 55.2 Å². The Balaban J connectivity index is 0.00000324. The van der Waals surface area contributed by atoms with E-state index in [2.05, 4.69) is 4.98 Å². The minimum Gasteiger partial charge on any atom is -0.333 e. The molecule has 0 saturated carbocycles. The molecule has 0 fully saturated rings. The second-order valence-corrected chi connectivity index (χ2v) is 9.71. The van der Waals surface area contributed by atoms with Crippen molar-refractivity contribution in [3.05, 3.63) is 113 Å². The monoisotopic (exact) mass is 523 g/mol. The summed E-state index contributed by atoms with van der Waals surface area (Å²) in [6.07, 6.45) is 5.08. The Hall–Kier alpha value is -2.94. The van der Waals surface area contributed by atoms with Crippen LogP contribution in [0.15, 0.2) is 90.3 Å². The third kappa shape index (κ3) is 5.24. The lowest BCUT2D eigenvalue weighted by Gasteiger charge is -2.32. The largest absolute Gasteiger partial charge is 0.333 e. The Morgan fingerprint density at radius 2 is 1.76 bits per heavy atom. The third-order valence-corrected chi connectivity index (χ3v) is 7.44. The Labute approximate surface area is 208 Å². The van der Waals surface area contributed by atoms with E-state index in [0.717, 1.165) is 28.1 Å². The maximum atomic E-state index is 14.9. The summed E-state index contributed by atoms with van der Waals surface area (Å²) in [5, 5.41) is 0.358. The molecule has 1 heterocycles. The van der Waals surface area contributed by atoms with Crippen molar-refractivity contribution in [3.8, 4) is 0 Å². The van der Waals surface area contributed by atoms with E-state index in [1.165, 1.54) is 24.3 Å². The minimum atomic E-state index is -4.29. The van der Waals surface area contributed by atoms with Crippen LogP contribution in [0, 0.1) is 11.6 Å². The predicted octanol–water partition coefficient (Wildman–Crippen LogP) is 6.24. The van der Waals surface area contributed by atoms with Gasteiger partial charge >= 0.3 is 0 Å². The van der Waals surface area contributed by atoms with Gasteiger partial charge in [-0.1, -0.05) is 35.9 Å². The van der Waals surface area contributed by atoms with Gasteiger partial charge in [-0.3, -0.25) is 4.31 Å². The van der Waals surface area contributed by atoms with Gasteiger partial charge in [-0.25, -0.2) is 22.2 Å². The van der Waals surface area contributed by atoms with Crippen LogP contribution < -0.4 is 4.31 Å². The van der Waals surface area contributed by atoms with E-state index < -0.39 is 27.7 Å². The molecule has 0 radical (unpaired) electrons. The average Bonchev–Trinajstić information content (AvgIpc) is 3.30. The third-order valence-electron chi connectivity index (χ3n) is 5.29. The number of imidazole rings is 1. The van der Waals surface area contributed by atoms with Crippen LogP contribution >= 0.6 is 24.0 Å². The van der Waals surface area contributed by atoms with Crippen molar-refractivity contribution in [1.29, 1.82) is 0 Å². The van der Waals surface area contributed by atoms with Gasteiger partial charge in [-0.05, 0) is 54.4 Å². The summed E-state index contributed by atoms with van der Waals surface area (Å²) >= 11 is 5.93. The zero-order valence-corrected chi connectivity index (χ0v) is 20.4. The first-order valence-electron chi connectivity index (χ1n) is 10.1. The molecule has 0 aliphatic carbocycles. The van der Waals surface area contributed by atoms with Gasteiger partial charge in [0.1, 0.15) is 11.6 Å². The van der Waals surface area contributed by atoms with Gasteiger partial charge in [-0.15, -0.1) is 12.4 Å². The summed E-state index contributed by atoms with van der Waals surface area (Å²) in [4.78, 5) is 3.95. The molecule has 3 aromatic carbocycles. The van der Waals surface area contributed by atoms with E-state index >= 15 is 0 Å². The summed E-state index contributed by atoms with van der Waals surface area (Å²) in [6, 6.07) is 14.7. The predicted molar refractivity (Wildman–Crippen MR) is 131 cm³/mol. The van der Waals surface area contributed by atoms with E-state index in [1.807, 2.05) is 16.7 Å². The number of aromatic nitrogens is 2. The van der Waals surface area contributed by atoms with Crippen LogP contribution in [0.25, 0.3) is 0 Å². The molecule has 0 saturated heterocycles. The highest BCUT2D eigenvalue weighted by molar-refractivity contribution is 7.92. The molecule has 0 bridgehead atoms. The van der Waals surface area contributed by atoms with Crippen LogP contribution in [-0.4, -0.2) is 18.0 Å². The van der Waals surface area contributed by atoms with Crippen molar-refractivity contribution >= 4 is 39.7 Å². The Bertz CT molecular complexity index is 1370. The summed E-state index contributed by atoms with van der Waals surface area (Å²) in [6.45, 7) is 2.07. The van der Waals surface area contributed by atoms with Crippen LogP contribution in [0.1, 0.15) is 24.1 Å². The van der Waals surface area contributed by atoms with E-state index in [1.54, 1.807) is 37.8 Å². The molecule has 0 aliphatic rings. The van der Waals surface area contributed by atoms with Crippen LogP contribution in [0.5, 0.6) is 0 Å². The number of halogens is 4. The maximum Gasteiger partial charge on any atom is 0.264 e. The molecular formula is C24H21Cl2F2N3O2S. The number of anilines is 1. The van der Waals surface area contributed by atoms with Crippen LogP contribution in [0.4, 0.5) is 14.5 Å². The first-order valence-corrected chi connectivity index (χ1v) is 11.9. The molecule has 0 amide bonds. The normalized spacial score (nSPS) is 12.1. The molecule has 0 spiro atoms. The van der Waals surface area contributed by atoms with E-state index in [0.29, 0.717) is 17.1 Å². The SMILES string of the molecule is CC(c1ccccc1Cn1ccnc1)N(c1cc(F)ccc1F)S(=O)(=O)c1ccc(Cl)cc1.Cl. The first kappa shape index (κ1) is 25.7. The maximum absolute atomic E-state index is 14.9. The van der Waals surface area contributed by atoms with Gasteiger partial charge < -0.3 is 4.57 Å². The Morgan fingerprint density at radius 3 is 2.44 bits per heavy atom. The first-order chi connectivity index (χ1) is 15.8. The van der Waals surface area contributed by atoms with Gasteiger partial charge in [0, 0.05) is 30.0 Å². The number of hydrogen-bond donors (Lipinski definition) is 0. The summed E-state index contributed by atoms with van der Waals surface area (Å²) in [5.74, 6) is -1.60. The quantitative estimate of drug-likeness (QED) is 0.288. The van der Waals surface area contributed by atoms with Gasteiger partial charge in [0.05, 0.1) is 23.0 Å². The molecule has 1 aromatic heterocycles. The number of nitrogens with zero attached hydrogens (tertiary/aromatic N) is 3. The fourth-order valence-corrected chi connectivity index (χ4v) is 5.47. The molecule has 0 aliphatic heterocycles. The number of hydrogen-bond acceptors (Lipinski definition) is 3. The van der Waals surface area contributed by atoms with Crippen molar-refractivity contribution in [2.45, 2.75) is 24.4 Å². The average molecular weight is 524 g/mol. The van der Waals surface area contributed by atoms with E-state index in [4.69, 9.17) is 11.6 Å². The standard InChI is InChI=1S/C24H20ClF2N3O2S.ClH/c1-17(22-5-3-2-4-18(22)15-29-13-12-28-16-29)30(24-14-20(26)8-11-23(24)27)33(31,32)21-9-6-19(25)7-10-21;/h2-14,16-17H,15H2,1H3;1H. The second kappa shape index (κ2) is 10.5. The summed E-state index contributed by atoms with van der Waals surface area (Å²) in [7, 11) is -4.29. The lowest BCUT2D eigenvalue weighted by molar-refractivity contribution is 0.569. The molecule has 1 atom stereocenters. The molecule has 10 heteroatoms. The van der Waals surface area contributed by atoms with Crippen molar-refractivity contribution in [2.75, 3.05) is 4.31 Å². The fraction of sp³-hybridized carbons (Fsp3) is 0.125. The van der Waals surface area contributed by atoms with Gasteiger partial charge in [0.25, 0.3) is 10.0 Å². The number of sulfonamides is 1. The van der Waals surface area contributed by atoms with Crippen LogP contribution in [-0.2, 0) is 16.6 Å². The highest BCUT2D eigenvalue weighted by Gasteiger charge is 2.33. The minimum absolute atomic E-state index is 0. The number of benzene rings is 3. The van der Waals surface area contributed by atoms with Crippen molar-refractivity contribution in [1.82, 2.24) is 9.55 Å². The van der Waals surface area contributed by atoms with Gasteiger partial charge in [0.15, 0.2) is 0 Å². The molecule has 178 valence electrons. The molecule has 5 nitrogen and oxygen atoms in total. The van der Waals surface area contributed by atoms with Gasteiger partial charge in [-0.2, -0.15) is 0 Å².